The van der Waals surface area contributed by atoms with E-state index in [0.717, 1.165) is 32.1 Å². The molecule has 1 aromatic carbocycles. The second-order valence-electron chi connectivity index (χ2n) is 13.9. The third kappa shape index (κ3) is 7.73. The summed E-state index contributed by atoms with van der Waals surface area (Å²) >= 11 is 3.76. The molecule has 2 N–H and O–H groups in total. The summed E-state index contributed by atoms with van der Waals surface area (Å²) in [6.07, 6.45) is 8.76. The van der Waals surface area contributed by atoms with Crippen LogP contribution in [0, 0.1) is 11.8 Å². The molecule has 1 unspecified atom stereocenters. The number of hydrogen-bond acceptors (Lipinski definition) is 8. The Morgan fingerprint density at radius 2 is 1.90 bits per heavy atom. The zero-order valence-electron chi connectivity index (χ0n) is 29.1. The van der Waals surface area contributed by atoms with Crippen molar-refractivity contribution >= 4 is 39.6 Å². The lowest BCUT2D eigenvalue weighted by atomic mass is 9.70. The Labute approximate surface area is 303 Å². The van der Waals surface area contributed by atoms with Gasteiger partial charge in [-0.1, -0.05) is 77.7 Å². The van der Waals surface area contributed by atoms with E-state index in [1.54, 1.807) is 17.1 Å². The number of carbonyl (C=O) groups is 4. The van der Waals surface area contributed by atoms with Crippen LogP contribution >= 0.6 is 15.9 Å². The lowest BCUT2D eigenvalue weighted by molar-refractivity contribution is -0.163. The number of nitrogens with one attached hydrogen (secondary N) is 1. The molecule has 1 aromatic rings. The summed E-state index contributed by atoms with van der Waals surface area (Å²) in [6.45, 7) is 8.26. The number of likely N-dealkylation sites (tertiary alicyclic amines) is 1. The van der Waals surface area contributed by atoms with Gasteiger partial charge in [-0.05, 0) is 44.1 Å². The molecule has 50 heavy (non-hydrogen) atoms. The van der Waals surface area contributed by atoms with Gasteiger partial charge in [0.25, 0.3) is 0 Å². The minimum Gasteiger partial charge on any atom is -0.455 e. The SMILES string of the molecule is C=CCCC(=O)N[C@@H](COC)[C@@H](OC(=O)[C@H]1[C@@H]2O[C@@]3(CC2Br)[C@@H]1C(=O)N(CCCCO)[C@@H]3C(=O)N(CC=C)C1CCCCC1)c1ccccc1. The van der Waals surface area contributed by atoms with Gasteiger partial charge in [-0.2, -0.15) is 0 Å². The number of unbranched alkanes of at least 4 members (excludes halogenated alkanes) is 1. The fraction of sp³-hybridized carbons (Fsp3) is 0.632. The van der Waals surface area contributed by atoms with Crippen LogP contribution in [-0.4, -0.2) is 107 Å². The number of halogens is 1. The maximum atomic E-state index is 14.8. The average Bonchev–Trinajstić information content (AvgIpc) is 3.72. The molecule has 4 fully saturated rings. The van der Waals surface area contributed by atoms with Crippen molar-refractivity contribution in [1.82, 2.24) is 15.1 Å². The summed E-state index contributed by atoms with van der Waals surface area (Å²) < 4.78 is 18.6. The molecule has 2 bridgehead atoms. The Morgan fingerprint density at radius 1 is 1.16 bits per heavy atom. The summed E-state index contributed by atoms with van der Waals surface area (Å²) in [5.41, 5.74) is -0.582. The Morgan fingerprint density at radius 3 is 2.56 bits per heavy atom. The third-order valence-corrected chi connectivity index (χ3v) is 11.6. The molecule has 1 aliphatic carbocycles. The molecule has 3 amide bonds. The Bertz CT molecular complexity index is 1370. The van der Waals surface area contributed by atoms with Gasteiger partial charge in [-0.3, -0.25) is 19.2 Å². The van der Waals surface area contributed by atoms with Crippen molar-refractivity contribution in [2.24, 2.45) is 11.8 Å². The first kappa shape index (κ1) is 38.2. The van der Waals surface area contributed by atoms with Crippen LogP contribution in [0.1, 0.15) is 75.9 Å². The van der Waals surface area contributed by atoms with Crippen molar-refractivity contribution in [2.75, 3.05) is 33.4 Å². The molecule has 3 saturated heterocycles. The molecular formula is C38H52BrN3O8. The number of fused-ring (bicyclic) bond motifs is 1. The van der Waals surface area contributed by atoms with E-state index in [4.69, 9.17) is 14.2 Å². The zero-order chi connectivity index (χ0) is 35.8. The van der Waals surface area contributed by atoms with Gasteiger partial charge in [-0.25, -0.2) is 0 Å². The van der Waals surface area contributed by atoms with E-state index in [2.05, 4.69) is 34.4 Å². The first-order valence-corrected chi connectivity index (χ1v) is 18.9. The van der Waals surface area contributed by atoms with Crippen LogP contribution in [0.5, 0.6) is 0 Å². The van der Waals surface area contributed by atoms with Gasteiger partial charge in [0.15, 0.2) is 0 Å². The third-order valence-electron chi connectivity index (χ3n) is 10.7. The number of hydrogen-bond donors (Lipinski definition) is 2. The molecular weight excluding hydrogens is 706 g/mol. The second-order valence-corrected chi connectivity index (χ2v) is 15.1. The first-order chi connectivity index (χ1) is 24.2. The molecule has 5 rings (SSSR count). The number of benzene rings is 1. The summed E-state index contributed by atoms with van der Waals surface area (Å²) in [4.78, 5) is 60.0. The average molecular weight is 759 g/mol. The molecule has 1 spiro atoms. The van der Waals surface area contributed by atoms with Crippen molar-refractivity contribution in [3.05, 3.63) is 61.2 Å². The number of allylic oxidation sites excluding steroid dienone is 1. The van der Waals surface area contributed by atoms with Gasteiger partial charge in [0.1, 0.15) is 17.7 Å². The van der Waals surface area contributed by atoms with Crippen molar-refractivity contribution < 1.29 is 38.5 Å². The van der Waals surface area contributed by atoms with Crippen LogP contribution in [0.4, 0.5) is 0 Å². The van der Waals surface area contributed by atoms with Gasteiger partial charge in [0, 0.05) is 44.1 Å². The molecule has 8 atom stereocenters. The Balaban J connectivity index is 1.49. The lowest BCUT2D eigenvalue weighted by Crippen LogP contribution is -2.58. The highest BCUT2D eigenvalue weighted by Crippen LogP contribution is 2.60. The fourth-order valence-corrected chi connectivity index (χ4v) is 9.49. The highest BCUT2D eigenvalue weighted by atomic mass is 79.9. The second kappa shape index (κ2) is 17.4. The van der Waals surface area contributed by atoms with Crippen LogP contribution in [0.3, 0.4) is 0 Å². The Hall–Kier alpha value is -3.06. The number of carbonyl (C=O) groups excluding carboxylic acids is 4. The molecule has 1 saturated carbocycles. The van der Waals surface area contributed by atoms with Crippen molar-refractivity contribution in [2.45, 2.75) is 105 Å². The lowest BCUT2D eigenvalue weighted by Gasteiger charge is -2.41. The predicted molar refractivity (Wildman–Crippen MR) is 191 cm³/mol. The molecule has 0 aromatic heterocycles. The van der Waals surface area contributed by atoms with Crippen molar-refractivity contribution in [1.29, 1.82) is 0 Å². The van der Waals surface area contributed by atoms with E-state index < -0.39 is 47.7 Å². The normalized spacial score (nSPS) is 28.5. The standard InChI is InChI=1S/C38H52BrN3O8/c1-4-6-19-29(44)40-28(24-48-3)32(25-15-9-7-10-16-25)49-37(47)30-31-35(45)42(21-13-14-22-43)34(38(31)23-27(39)33(30)50-38)36(46)41(20-5-2)26-17-11-8-12-18-26/h4-5,7,9-10,15-16,26-28,30-34,43H,1-2,6,8,11-14,17-24H2,3H3,(H,40,44)/t27?,28-,30+,31-,32-,33+,34+,38-/m0/s1. The van der Waals surface area contributed by atoms with Crippen LogP contribution in [-0.2, 0) is 33.4 Å². The first-order valence-electron chi connectivity index (χ1n) is 18.0. The Kier molecular flexibility index (Phi) is 13.3. The molecule has 12 heteroatoms. The minimum atomic E-state index is -1.24. The van der Waals surface area contributed by atoms with E-state index in [0.29, 0.717) is 37.8 Å². The van der Waals surface area contributed by atoms with Gasteiger partial charge in [0.2, 0.25) is 17.7 Å². The largest absolute Gasteiger partial charge is 0.455 e. The number of ether oxygens (including phenoxy) is 3. The van der Waals surface area contributed by atoms with E-state index in [-0.39, 0.29) is 54.8 Å². The maximum Gasteiger partial charge on any atom is 0.313 e. The highest BCUT2D eigenvalue weighted by Gasteiger charge is 2.77. The smallest absolute Gasteiger partial charge is 0.313 e. The monoisotopic (exact) mass is 757 g/mol. The van der Waals surface area contributed by atoms with Crippen LogP contribution in [0.25, 0.3) is 0 Å². The van der Waals surface area contributed by atoms with E-state index in [1.807, 2.05) is 35.2 Å². The number of methoxy groups -OCH3 is 1. The predicted octanol–water partition coefficient (Wildman–Crippen LogP) is 4.24. The highest BCUT2D eigenvalue weighted by molar-refractivity contribution is 9.09. The van der Waals surface area contributed by atoms with Crippen LogP contribution < -0.4 is 5.32 Å². The number of aliphatic hydroxyl groups is 1. The molecule has 274 valence electrons. The molecule has 3 aliphatic heterocycles. The minimum absolute atomic E-state index is 0.0317. The number of nitrogens with zero attached hydrogens (tertiary/aromatic N) is 2. The summed E-state index contributed by atoms with van der Waals surface area (Å²) in [6, 6.07) is 7.52. The molecule has 4 aliphatic rings. The van der Waals surface area contributed by atoms with Gasteiger partial charge in [0.05, 0.1) is 30.6 Å². The summed E-state index contributed by atoms with van der Waals surface area (Å²) in [5, 5.41) is 12.5. The molecule has 11 nitrogen and oxygen atoms in total. The number of rotatable bonds is 18. The number of amides is 3. The topological polar surface area (TPSA) is 135 Å². The van der Waals surface area contributed by atoms with Gasteiger partial charge >= 0.3 is 5.97 Å². The molecule has 3 heterocycles. The summed E-state index contributed by atoms with van der Waals surface area (Å²) in [7, 11) is 1.51. The van der Waals surface area contributed by atoms with Crippen molar-refractivity contribution in [3.63, 3.8) is 0 Å². The quantitative estimate of drug-likeness (QED) is 0.0984. The van der Waals surface area contributed by atoms with E-state index >= 15 is 0 Å². The fourth-order valence-electron chi connectivity index (χ4n) is 8.55. The number of esters is 1. The maximum absolute atomic E-state index is 14.8. The van der Waals surface area contributed by atoms with Gasteiger partial charge in [-0.15, -0.1) is 13.2 Å². The summed E-state index contributed by atoms with van der Waals surface area (Å²) in [5.74, 6) is -3.29. The van der Waals surface area contributed by atoms with Crippen LogP contribution in [0.15, 0.2) is 55.6 Å². The number of alkyl halides is 1. The van der Waals surface area contributed by atoms with E-state index in [9.17, 15) is 24.3 Å². The molecule has 0 radical (unpaired) electrons. The van der Waals surface area contributed by atoms with E-state index in [1.165, 1.54) is 7.11 Å². The van der Waals surface area contributed by atoms with Gasteiger partial charge < -0.3 is 34.4 Å². The van der Waals surface area contributed by atoms with Crippen LogP contribution in [0.2, 0.25) is 0 Å². The van der Waals surface area contributed by atoms with Crippen molar-refractivity contribution in [3.8, 4) is 0 Å². The number of aliphatic hydroxyl groups excluding tert-OH is 1. The zero-order valence-corrected chi connectivity index (χ0v) is 30.6.